The molecule has 3 amide bonds. The van der Waals surface area contributed by atoms with Gasteiger partial charge in [-0.05, 0) is 32.2 Å². The normalized spacial score (nSPS) is 13.4. The highest BCUT2D eigenvalue weighted by Crippen LogP contribution is 2.06. The maximum absolute atomic E-state index is 12.8. The van der Waals surface area contributed by atoms with Crippen LogP contribution in [0.2, 0.25) is 0 Å². The fourth-order valence-electron chi connectivity index (χ4n) is 2.91. The largest absolute Gasteiger partial charge is 0.481 e. The number of aromatic nitrogens is 2. The molecule has 184 valence electrons. The lowest BCUT2D eigenvalue weighted by Crippen LogP contribution is -2.56. The average molecular weight is 469 g/mol. The van der Waals surface area contributed by atoms with Crippen LogP contribution in [-0.4, -0.2) is 81.1 Å². The monoisotopic (exact) mass is 469 g/mol. The Morgan fingerprint density at radius 3 is 2.09 bits per heavy atom. The molecule has 0 aromatic carbocycles. The molecule has 33 heavy (non-hydrogen) atoms. The highest BCUT2D eigenvalue weighted by atomic mass is 16.4. The molecular formula is C19H31N7O7. The molecule has 1 aromatic rings. The first kappa shape index (κ1) is 27.5. The Kier molecular flexibility index (Phi) is 12.1. The second-order valence-corrected chi connectivity index (χ2v) is 7.28. The van der Waals surface area contributed by atoms with Crippen molar-refractivity contribution in [1.82, 2.24) is 25.9 Å². The number of hydrogen-bond donors (Lipinski definition) is 8. The summed E-state index contributed by atoms with van der Waals surface area (Å²) in [6.45, 7) is 0.0349. The van der Waals surface area contributed by atoms with Crippen LogP contribution >= 0.6 is 0 Å². The minimum atomic E-state index is -1.35. The second kappa shape index (κ2) is 14.5. The van der Waals surface area contributed by atoms with Crippen molar-refractivity contribution >= 4 is 29.7 Å². The Balaban J connectivity index is 2.94. The number of aliphatic carboxylic acids is 2. The summed E-state index contributed by atoms with van der Waals surface area (Å²) in [5, 5.41) is 25.6. The minimum absolute atomic E-state index is 0.102. The number of carbonyl (C=O) groups excluding carboxylic acids is 3. The highest BCUT2D eigenvalue weighted by molar-refractivity contribution is 5.93. The lowest BCUT2D eigenvalue weighted by molar-refractivity contribution is -0.143. The van der Waals surface area contributed by atoms with Crippen molar-refractivity contribution in [3.8, 4) is 0 Å². The number of nitrogens with one attached hydrogen (secondary N) is 4. The van der Waals surface area contributed by atoms with E-state index in [1.807, 2.05) is 0 Å². The molecule has 0 spiro atoms. The van der Waals surface area contributed by atoms with Crippen LogP contribution in [0.4, 0.5) is 0 Å². The van der Waals surface area contributed by atoms with Gasteiger partial charge in [-0.3, -0.25) is 19.2 Å². The summed E-state index contributed by atoms with van der Waals surface area (Å²) in [5.41, 5.74) is 11.2. The number of unbranched alkanes of at least 4 members (excludes halogenated alkanes) is 1. The van der Waals surface area contributed by atoms with Crippen LogP contribution in [0.15, 0.2) is 12.5 Å². The van der Waals surface area contributed by atoms with Crippen molar-refractivity contribution in [3.63, 3.8) is 0 Å². The lowest BCUT2D eigenvalue weighted by atomic mass is 10.1. The molecule has 14 heteroatoms. The zero-order chi connectivity index (χ0) is 24.8. The van der Waals surface area contributed by atoms with Gasteiger partial charge in [0.25, 0.3) is 0 Å². The van der Waals surface area contributed by atoms with Gasteiger partial charge in [-0.25, -0.2) is 9.78 Å². The number of imidazole rings is 1. The van der Waals surface area contributed by atoms with Gasteiger partial charge in [0.15, 0.2) is 0 Å². The Morgan fingerprint density at radius 2 is 1.58 bits per heavy atom. The predicted octanol–water partition coefficient (Wildman–Crippen LogP) is -2.56. The van der Waals surface area contributed by atoms with Gasteiger partial charge in [0.05, 0.1) is 12.9 Å². The van der Waals surface area contributed by atoms with E-state index in [0.717, 1.165) is 0 Å². The summed E-state index contributed by atoms with van der Waals surface area (Å²) in [7, 11) is 0. The summed E-state index contributed by atoms with van der Waals surface area (Å²) >= 11 is 0. The number of rotatable bonds is 16. The van der Waals surface area contributed by atoms with Crippen LogP contribution in [0.25, 0.3) is 0 Å². The van der Waals surface area contributed by atoms with Crippen LogP contribution < -0.4 is 27.4 Å². The zero-order valence-corrected chi connectivity index (χ0v) is 18.1. The molecule has 10 N–H and O–H groups in total. The molecule has 3 unspecified atom stereocenters. The Bertz CT molecular complexity index is 800. The third kappa shape index (κ3) is 10.6. The highest BCUT2D eigenvalue weighted by Gasteiger charge is 2.30. The molecule has 1 heterocycles. The number of hydrogen-bond acceptors (Lipinski definition) is 8. The molecule has 0 saturated heterocycles. The van der Waals surface area contributed by atoms with E-state index in [0.29, 0.717) is 25.1 Å². The summed E-state index contributed by atoms with van der Waals surface area (Å²) in [5.74, 6) is -4.71. The number of carboxylic acid groups (broad SMARTS) is 2. The zero-order valence-electron chi connectivity index (χ0n) is 18.1. The summed E-state index contributed by atoms with van der Waals surface area (Å²) < 4.78 is 0. The number of amides is 3. The molecule has 3 atom stereocenters. The van der Waals surface area contributed by atoms with E-state index >= 15 is 0 Å². The molecular weight excluding hydrogens is 438 g/mol. The standard InChI is InChI=1S/C19H31N7O7/c20-6-2-1-3-12(24-15(27)8-21)17(30)25-13(4-5-16(28)29)18(31)26-14(19(32)33)7-11-9-22-10-23-11/h9-10,12-14H,1-8,20-21H2,(H,22,23)(H,24,27)(H,25,30)(H,26,31)(H,28,29)(H,32,33). The summed E-state index contributed by atoms with van der Waals surface area (Å²) in [6.07, 6.45) is 3.24. The smallest absolute Gasteiger partial charge is 0.326 e. The van der Waals surface area contributed by atoms with Crippen LogP contribution in [0.5, 0.6) is 0 Å². The number of nitrogens with two attached hydrogens (primary N) is 2. The quantitative estimate of drug-likeness (QED) is 0.118. The molecule has 0 aliphatic rings. The number of carboxylic acids is 2. The van der Waals surface area contributed by atoms with Crippen molar-refractivity contribution < 1.29 is 34.2 Å². The van der Waals surface area contributed by atoms with E-state index in [2.05, 4.69) is 25.9 Å². The second-order valence-electron chi connectivity index (χ2n) is 7.28. The predicted molar refractivity (Wildman–Crippen MR) is 115 cm³/mol. The molecule has 0 aliphatic heterocycles. The molecule has 14 nitrogen and oxygen atoms in total. The van der Waals surface area contributed by atoms with E-state index < -0.39 is 54.2 Å². The van der Waals surface area contributed by atoms with Crippen molar-refractivity contribution in [2.45, 2.75) is 56.7 Å². The lowest BCUT2D eigenvalue weighted by Gasteiger charge is -2.24. The maximum atomic E-state index is 12.8. The third-order valence-corrected chi connectivity index (χ3v) is 4.66. The van der Waals surface area contributed by atoms with Gasteiger partial charge < -0.3 is 42.6 Å². The van der Waals surface area contributed by atoms with Crippen molar-refractivity contribution in [1.29, 1.82) is 0 Å². The van der Waals surface area contributed by atoms with E-state index in [1.54, 1.807) is 0 Å². The number of nitrogens with zero attached hydrogens (tertiary/aromatic N) is 1. The molecule has 0 saturated carbocycles. The molecule has 0 bridgehead atoms. The fraction of sp³-hybridized carbons (Fsp3) is 0.579. The SMILES string of the molecule is NCCCCC(NC(=O)CN)C(=O)NC(CCC(=O)O)C(=O)NC(Cc1cnc[nH]1)C(=O)O. The van der Waals surface area contributed by atoms with E-state index in [9.17, 15) is 29.1 Å². The Labute approximate surface area is 189 Å². The van der Waals surface area contributed by atoms with Gasteiger partial charge in [-0.2, -0.15) is 0 Å². The van der Waals surface area contributed by atoms with Crippen molar-refractivity contribution in [2.75, 3.05) is 13.1 Å². The first-order valence-corrected chi connectivity index (χ1v) is 10.4. The molecule has 0 aliphatic carbocycles. The van der Waals surface area contributed by atoms with Crippen LogP contribution in [0.1, 0.15) is 37.8 Å². The molecule has 0 radical (unpaired) electrons. The van der Waals surface area contributed by atoms with Gasteiger partial charge >= 0.3 is 11.9 Å². The first-order chi connectivity index (χ1) is 15.7. The molecule has 0 fully saturated rings. The fourth-order valence-corrected chi connectivity index (χ4v) is 2.91. The Morgan fingerprint density at radius 1 is 0.939 bits per heavy atom. The number of carbonyl (C=O) groups is 5. The Hall–Kier alpha value is -3.52. The van der Waals surface area contributed by atoms with Crippen LogP contribution in [0, 0.1) is 0 Å². The van der Waals surface area contributed by atoms with Crippen molar-refractivity contribution in [3.05, 3.63) is 18.2 Å². The molecule has 1 rings (SSSR count). The summed E-state index contributed by atoms with van der Waals surface area (Å²) in [4.78, 5) is 66.3. The van der Waals surface area contributed by atoms with E-state index in [-0.39, 0.29) is 25.8 Å². The van der Waals surface area contributed by atoms with E-state index in [4.69, 9.17) is 16.6 Å². The average Bonchev–Trinajstić information content (AvgIpc) is 3.28. The minimum Gasteiger partial charge on any atom is -0.481 e. The van der Waals surface area contributed by atoms with E-state index in [1.165, 1.54) is 12.5 Å². The van der Waals surface area contributed by atoms with Gasteiger partial charge in [0, 0.05) is 24.7 Å². The molecule has 1 aromatic heterocycles. The van der Waals surface area contributed by atoms with Gasteiger partial charge in [-0.1, -0.05) is 0 Å². The third-order valence-electron chi connectivity index (χ3n) is 4.66. The summed E-state index contributed by atoms with van der Waals surface area (Å²) in [6, 6.07) is -3.71. The van der Waals surface area contributed by atoms with Crippen LogP contribution in [-0.2, 0) is 30.4 Å². The number of aromatic amines is 1. The van der Waals surface area contributed by atoms with Crippen LogP contribution in [0.3, 0.4) is 0 Å². The number of H-pyrrole nitrogens is 1. The topological polar surface area (TPSA) is 243 Å². The van der Waals surface area contributed by atoms with Gasteiger partial charge in [0.1, 0.15) is 18.1 Å². The maximum Gasteiger partial charge on any atom is 0.326 e. The first-order valence-electron chi connectivity index (χ1n) is 10.4. The van der Waals surface area contributed by atoms with Gasteiger partial charge in [0.2, 0.25) is 17.7 Å². The van der Waals surface area contributed by atoms with Gasteiger partial charge in [-0.15, -0.1) is 0 Å². The van der Waals surface area contributed by atoms with Crippen molar-refractivity contribution in [2.24, 2.45) is 11.5 Å².